The molecule has 0 aromatic carbocycles. The summed E-state index contributed by atoms with van der Waals surface area (Å²) in [5.74, 6) is 2.30. The molecule has 0 amide bonds. The highest BCUT2D eigenvalue weighted by Crippen LogP contribution is 2.33. The predicted molar refractivity (Wildman–Crippen MR) is 77.2 cm³/mol. The lowest BCUT2D eigenvalue weighted by molar-refractivity contribution is 0.115. The monoisotopic (exact) mass is 263 g/mol. The Hall–Kier alpha value is -1.32. The van der Waals surface area contributed by atoms with Crippen molar-refractivity contribution in [2.24, 2.45) is 5.92 Å². The van der Waals surface area contributed by atoms with Crippen molar-refractivity contribution in [3.05, 3.63) is 11.9 Å². The molecule has 2 rings (SSSR count). The van der Waals surface area contributed by atoms with Crippen molar-refractivity contribution in [3.63, 3.8) is 0 Å². The molecule has 0 spiro atoms. The second kappa shape index (κ2) is 6.22. The minimum atomic E-state index is 0.279. The van der Waals surface area contributed by atoms with Crippen molar-refractivity contribution < 1.29 is 4.74 Å². The highest BCUT2D eigenvalue weighted by Gasteiger charge is 2.24. The predicted octanol–water partition coefficient (Wildman–Crippen LogP) is 3.53. The van der Waals surface area contributed by atoms with Crippen LogP contribution in [0, 0.1) is 5.92 Å². The Morgan fingerprint density at radius 3 is 2.84 bits per heavy atom. The summed E-state index contributed by atoms with van der Waals surface area (Å²) in [6, 6.07) is 0. The minimum absolute atomic E-state index is 0.279. The molecule has 0 bridgehead atoms. The van der Waals surface area contributed by atoms with Crippen LogP contribution < -0.4 is 10.5 Å². The smallest absolute Gasteiger partial charge is 0.222 e. The van der Waals surface area contributed by atoms with Crippen LogP contribution in [0.15, 0.2) is 6.33 Å². The first-order valence-corrected chi connectivity index (χ1v) is 7.38. The maximum atomic E-state index is 6.13. The SMILES string of the molecule is CCC1CCCC(Oc2ncnc(N)c2C(C)C)C1. The summed E-state index contributed by atoms with van der Waals surface area (Å²) in [5, 5.41) is 0. The molecule has 4 nitrogen and oxygen atoms in total. The van der Waals surface area contributed by atoms with Gasteiger partial charge >= 0.3 is 0 Å². The van der Waals surface area contributed by atoms with E-state index in [1.807, 2.05) is 0 Å². The van der Waals surface area contributed by atoms with Crippen molar-refractivity contribution in [3.8, 4) is 5.88 Å². The molecule has 106 valence electrons. The summed E-state index contributed by atoms with van der Waals surface area (Å²) in [4.78, 5) is 8.36. The molecule has 2 unspecified atom stereocenters. The van der Waals surface area contributed by atoms with E-state index in [4.69, 9.17) is 10.5 Å². The van der Waals surface area contributed by atoms with Gasteiger partial charge in [-0.3, -0.25) is 0 Å². The third-order valence-electron chi connectivity index (χ3n) is 4.05. The number of nitrogens with zero attached hydrogens (tertiary/aromatic N) is 2. The van der Waals surface area contributed by atoms with E-state index < -0.39 is 0 Å². The van der Waals surface area contributed by atoms with Crippen molar-refractivity contribution >= 4 is 5.82 Å². The van der Waals surface area contributed by atoms with Crippen molar-refractivity contribution in [2.45, 2.75) is 64.9 Å². The fraction of sp³-hybridized carbons (Fsp3) is 0.733. The van der Waals surface area contributed by atoms with E-state index >= 15 is 0 Å². The molecule has 2 atom stereocenters. The summed E-state index contributed by atoms with van der Waals surface area (Å²) in [5.41, 5.74) is 6.90. The van der Waals surface area contributed by atoms with E-state index in [-0.39, 0.29) is 12.0 Å². The van der Waals surface area contributed by atoms with Gasteiger partial charge in [0.15, 0.2) is 0 Å². The van der Waals surface area contributed by atoms with Gasteiger partial charge in [0.25, 0.3) is 0 Å². The fourth-order valence-electron chi connectivity index (χ4n) is 2.91. The van der Waals surface area contributed by atoms with Crippen LogP contribution in [0.4, 0.5) is 5.82 Å². The molecule has 0 aliphatic heterocycles. The van der Waals surface area contributed by atoms with E-state index in [1.165, 1.54) is 25.6 Å². The van der Waals surface area contributed by atoms with E-state index in [1.54, 1.807) is 0 Å². The second-order valence-corrected chi connectivity index (χ2v) is 5.81. The van der Waals surface area contributed by atoms with Gasteiger partial charge in [-0.05, 0) is 31.1 Å². The number of hydrogen-bond donors (Lipinski definition) is 1. The summed E-state index contributed by atoms with van der Waals surface area (Å²) in [6.45, 7) is 6.45. The Morgan fingerprint density at radius 2 is 2.16 bits per heavy atom. The van der Waals surface area contributed by atoms with Gasteiger partial charge in [-0.1, -0.05) is 33.6 Å². The lowest BCUT2D eigenvalue weighted by atomic mass is 9.85. The standard InChI is InChI=1S/C15H25N3O/c1-4-11-6-5-7-12(8-11)19-15-13(10(2)3)14(16)17-9-18-15/h9-12H,4-8H2,1-3H3,(H2,16,17,18). The van der Waals surface area contributed by atoms with E-state index in [2.05, 4.69) is 30.7 Å². The molecule has 2 N–H and O–H groups in total. The molecular weight excluding hydrogens is 238 g/mol. The number of aromatic nitrogens is 2. The van der Waals surface area contributed by atoms with Crippen LogP contribution in [-0.4, -0.2) is 16.1 Å². The number of hydrogen-bond acceptors (Lipinski definition) is 4. The zero-order valence-electron chi connectivity index (χ0n) is 12.2. The van der Waals surface area contributed by atoms with E-state index in [0.29, 0.717) is 11.7 Å². The minimum Gasteiger partial charge on any atom is -0.474 e. The van der Waals surface area contributed by atoms with E-state index in [9.17, 15) is 0 Å². The Labute approximate surface area is 115 Å². The lowest BCUT2D eigenvalue weighted by Gasteiger charge is -2.29. The van der Waals surface area contributed by atoms with Crippen molar-refractivity contribution in [1.82, 2.24) is 9.97 Å². The van der Waals surface area contributed by atoms with Crippen LogP contribution in [0.1, 0.15) is 64.4 Å². The largest absolute Gasteiger partial charge is 0.474 e. The maximum Gasteiger partial charge on any atom is 0.222 e. The van der Waals surface area contributed by atoms with Crippen LogP contribution in [-0.2, 0) is 0 Å². The Bertz CT molecular complexity index is 420. The third kappa shape index (κ3) is 3.37. The normalized spacial score (nSPS) is 23.6. The first-order valence-electron chi connectivity index (χ1n) is 7.38. The van der Waals surface area contributed by atoms with Gasteiger partial charge in [0.05, 0.1) is 5.56 Å². The van der Waals surface area contributed by atoms with Gasteiger partial charge in [0.1, 0.15) is 18.2 Å². The Balaban J connectivity index is 2.12. The molecule has 4 heteroatoms. The maximum absolute atomic E-state index is 6.13. The average Bonchev–Trinajstić information content (AvgIpc) is 2.38. The highest BCUT2D eigenvalue weighted by atomic mass is 16.5. The molecule has 1 fully saturated rings. The zero-order chi connectivity index (χ0) is 13.8. The first kappa shape index (κ1) is 14.1. The van der Waals surface area contributed by atoms with Crippen LogP contribution >= 0.6 is 0 Å². The number of nitrogens with two attached hydrogens (primary N) is 1. The number of rotatable bonds is 4. The van der Waals surface area contributed by atoms with Crippen molar-refractivity contribution in [1.29, 1.82) is 0 Å². The van der Waals surface area contributed by atoms with Crippen LogP contribution in [0.3, 0.4) is 0 Å². The van der Waals surface area contributed by atoms with Crippen molar-refractivity contribution in [2.75, 3.05) is 5.73 Å². The molecule has 1 saturated carbocycles. The Kier molecular flexibility index (Phi) is 4.61. The molecule has 19 heavy (non-hydrogen) atoms. The molecule has 1 aromatic rings. The Morgan fingerprint density at radius 1 is 1.37 bits per heavy atom. The molecule has 1 aliphatic rings. The van der Waals surface area contributed by atoms with Gasteiger partial charge in [-0.2, -0.15) is 0 Å². The topological polar surface area (TPSA) is 61.0 Å². The van der Waals surface area contributed by atoms with Crippen LogP contribution in [0.5, 0.6) is 5.88 Å². The van der Waals surface area contributed by atoms with Gasteiger partial charge in [0, 0.05) is 0 Å². The van der Waals surface area contributed by atoms with Crippen LogP contribution in [0.2, 0.25) is 0 Å². The van der Waals surface area contributed by atoms with Gasteiger partial charge in [-0.15, -0.1) is 0 Å². The molecule has 0 saturated heterocycles. The third-order valence-corrected chi connectivity index (χ3v) is 4.05. The quantitative estimate of drug-likeness (QED) is 0.902. The number of anilines is 1. The molecular formula is C15H25N3O. The number of ether oxygens (including phenoxy) is 1. The second-order valence-electron chi connectivity index (χ2n) is 5.81. The summed E-state index contributed by atoms with van der Waals surface area (Å²) >= 11 is 0. The average molecular weight is 263 g/mol. The van der Waals surface area contributed by atoms with Gasteiger partial charge < -0.3 is 10.5 Å². The summed E-state index contributed by atoms with van der Waals surface area (Å²) in [6.07, 6.45) is 7.86. The molecule has 1 aliphatic carbocycles. The van der Waals surface area contributed by atoms with Gasteiger partial charge in [-0.25, -0.2) is 9.97 Å². The van der Waals surface area contributed by atoms with Gasteiger partial charge in [0.2, 0.25) is 5.88 Å². The number of nitrogen functional groups attached to an aromatic ring is 1. The molecule has 0 radical (unpaired) electrons. The van der Waals surface area contributed by atoms with Crippen LogP contribution in [0.25, 0.3) is 0 Å². The van der Waals surface area contributed by atoms with E-state index in [0.717, 1.165) is 24.3 Å². The molecule has 1 heterocycles. The summed E-state index contributed by atoms with van der Waals surface area (Å²) in [7, 11) is 0. The highest BCUT2D eigenvalue weighted by molar-refractivity contribution is 5.46. The summed E-state index contributed by atoms with van der Waals surface area (Å²) < 4.78 is 6.13. The fourth-order valence-corrected chi connectivity index (χ4v) is 2.91. The molecule has 1 aromatic heterocycles. The zero-order valence-corrected chi connectivity index (χ0v) is 12.2. The lowest BCUT2D eigenvalue weighted by Crippen LogP contribution is -2.26. The first-order chi connectivity index (χ1) is 9.11.